The van der Waals surface area contributed by atoms with E-state index in [2.05, 4.69) is 20.8 Å². The van der Waals surface area contributed by atoms with Crippen LogP contribution in [0.4, 0.5) is 15.8 Å². The van der Waals surface area contributed by atoms with Crippen molar-refractivity contribution in [1.29, 1.82) is 0 Å². The molecule has 0 spiro atoms. The van der Waals surface area contributed by atoms with Gasteiger partial charge in [-0.3, -0.25) is 14.0 Å². The van der Waals surface area contributed by atoms with Gasteiger partial charge in [-0.25, -0.2) is 4.39 Å². The van der Waals surface area contributed by atoms with E-state index in [-0.39, 0.29) is 17.6 Å². The Kier molecular flexibility index (Phi) is 6.18. The summed E-state index contributed by atoms with van der Waals surface area (Å²) in [4.78, 5) is 25.0. The number of aryl methyl sites for hydroxylation is 2. The maximum absolute atomic E-state index is 13.4. The van der Waals surface area contributed by atoms with Crippen LogP contribution in [0.1, 0.15) is 21.5 Å². The zero-order valence-corrected chi connectivity index (χ0v) is 18.2. The van der Waals surface area contributed by atoms with Crippen molar-refractivity contribution in [1.82, 2.24) is 14.6 Å². The van der Waals surface area contributed by atoms with Crippen molar-refractivity contribution in [3.8, 4) is 0 Å². The Hall–Kier alpha value is -3.72. The molecule has 0 aliphatic rings. The van der Waals surface area contributed by atoms with Crippen molar-refractivity contribution in [2.24, 2.45) is 0 Å². The second kappa shape index (κ2) is 9.19. The number of rotatable bonds is 6. The predicted molar refractivity (Wildman–Crippen MR) is 123 cm³/mol. The van der Waals surface area contributed by atoms with E-state index in [0.717, 1.165) is 11.1 Å². The number of hydrogen-bond donors (Lipinski definition) is 2. The SMILES string of the molecule is Cc1cccc(NC(=O)c2ccc3nnc(SCC(=O)Nc4cc(F)ccc4C)n3c2)c1. The average Bonchev–Trinajstić information content (AvgIpc) is 3.17. The highest BCUT2D eigenvalue weighted by Crippen LogP contribution is 2.20. The number of nitrogens with zero attached hydrogens (tertiary/aromatic N) is 3. The van der Waals surface area contributed by atoms with Crippen LogP contribution in [0.15, 0.2) is 66.0 Å². The molecule has 0 unspecified atom stereocenters. The summed E-state index contributed by atoms with van der Waals surface area (Å²) in [5.41, 5.74) is 3.93. The Morgan fingerprint density at radius 2 is 1.88 bits per heavy atom. The molecule has 0 saturated heterocycles. The molecule has 2 amide bonds. The van der Waals surface area contributed by atoms with Crippen molar-refractivity contribution < 1.29 is 14.0 Å². The van der Waals surface area contributed by atoms with Gasteiger partial charge in [-0.1, -0.05) is 30.0 Å². The number of anilines is 2. The van der Waals surface area contributed by atoms with Crippen molar-refractivity contribution in [2.45, 2.75) is 19.0 Å². The summed E-state index contributed by atoms with van der Waals surface area (Å²) in [6, 6.07) is 15.1. The molecule has 4 aromatic rings. The van der Waals surface area contributed by atoms with Gasteiger partial charge in [0.2, 0.25) is 5.91 Å². The van der Waals surface area contributed by atoms with Crippen LogP contribution in [0.5, 0.6) is 0 Å². The first kappa shape index (κ1) is 21.5. The fraction of sp³-hybridized carbons (Fsp3) is 0.130. The first-order valence-corrected chi connectivity index (χ1v) is 10.8. The lowest BCUT2D eigenvalue weighted by molar-refractivity contribution is -0.113. The highest BCUT2D eigenvalue weighted by Gasteiger charge is 2.13. The van der Waals surface area contributed by atoms with Gasteiger partial charge in [0.15, 0.2) is 10.8 Å². The average molecular weight is 450 g/mol. The second-order valence-corrected chi connectivity index (χ2v) is 8.19. The van der Waals surface area contributed by atoms with E-state index >= 15 is 0 Å². The minimum absolute atomic E-state index is 0.0520. The number of thioether (sulfide) groups is 1. The first-order valence-electron chi connectivity index (χ1n) is 9.80. The van der Waals surface area contributed by atoms with Gasteiger partial charge < -0.3 is 10.6 Å². The molecule has 2 aromatic heterocycles. The van der Waals surface area contributed by atoms with Crippen molar-refractivity contribution in [3.63, 3.8) is 0 Å². The highest BCUT2D eigenvalue weighted by molar-refractivity contribution is 7.99. The van der Waals surface area contributed by atoms with Crippen molar-refractivity contribution >= 4 is 40.6 Å². The van der Waals surface area contributed by atoms with Crippen molar-refractivity contribution in [2.75, 3.05) is 16.4 Å². The molecule has 2 N–H and O–H groups in total. The molecule has 0 aliphatic carbocycles. The minimum Gasteiger partial charge on any atom is -0.325 e. The van der Waals surface area contributed by atoms with Crippen molar-refractivity contribution in [3.05, 3.63) is 83.3 Å². The largest absolute Gasteiger partial charge is 0.325 e. The maximum atomic E-state index is 13.4. The van der Waals surface area contributed by atoms with E-state index in [4.69, 9.17) is 0 Å². The summed E-state index contributed by atoms with van der Waals surface area (Å²) in [5.74, 6) is -0.926. The molecule has 2 aromatic carbocycles. The van der Waals surface area contributed by atoms with Gasteiger partial charge in [0.1, 0.15) is 5.82 Å². The lowest BCUT2D eigenvalue weighted by Gasteiger charge is -2.08. The molecule has 0 radical (unpaired) electrons. The molecule has 0 bridgehead atoms. The molecular weight excluding hydrogens is 429 g/mol. The van der Waals surface area contributed by atoms with Crippen LogP contribution in [0, 0.1) is 19.7 Å². The van der Waals surface area contributed by atoms with Gasteiger partial charge in [-0.05, 0) is 61.4 Å². The number of fused-ring (bicyclic) bond motifs is 1. The minimum atomic E-state index is -0.418. The number of halogens is 1. The van der Waals surface area contributed by atoms with Gasteiger partial charge in [0.25, 0.3) is 5.91 Å². The van der Waals surface area contributed by atoms with Gasteiger partial charge in [-0.2, -0.15) is 0 Å². The fourth-order valence-corrected chi connectivity index (χ4v) is 3.79. The number of hydrogen-bond acceptors (Lipinski definition) is 5. The zero-order chi connectivity index (χ0) is 22.7. The molecule has 0 aliphatic heterocycles. The maximum Gasteiger partial charge on any atom is 0.257 e. The summed E-state index contributed by atoms with van der Waals surface area (Å²) in [5, 5.41) is 14.2. The molecule has 2 heterocycles. The van der Waals surface area contributed by atoms with Crippen LogP contribution in [-0.2, 0) is 4.79 Å². The molecular formula is C23H20FN5O2S. The third kappa shape index (κ3) is 4.94. The third-order valence-corrected chi connectivity index (χ3v) is 5.66. The molecule has 4 rings (SSSR count). The Balaban J connectivity index is 1.46. The Bertz CT molecular complexity index is 1320. The van der Waals surface area contributed by atoms with E-state index < -0.39 is 5.82 Å². The normalized spacial score (nSPS) is 10.8. The number of carbonyl (C=O) groups is 2. The van der Waals surface area contributed by atoms with Gasteiger partial charge in [0, 0.05) is 17.6 Å². The molecule has 0 atom stereocenters. The predicted octanol–water partition coefficient (Wildman–Crippen LogP) is 4.47. The monoisotopic (exact) mass is 449 g/mol. The summed E-state index contributed by atoms with van der Waals surface area (Å²) in [6.45, 7) is 3.74. The lowest BCUT2D eigenvalue weighted by atomic mass is 10.2. The number of pyridine rings is 1. The third-order valence-electron chi connectivity index (χ3n) is 4.72. The molecule has 0 saturated carbocycles. The Labute approximate surface area is 188 Å². The van der Waals surface area contributed by atoms with E-state index in [1.807, 2.05) is 31.2 Å². The van der Waals surface area contributed by atoms with Gasteiger partial charge in [-0.15, -0.1) is 10.2 Å². The smallest absolute Gasteiger partial charge is 0.257 e. The molecule has 0 fully saturated rings. The molecule has 7 nitrogen and oxygen atoms in total. The molecule has 162 valence electrons. The summed E-state index contributed by atoms with van der Waals surface area (Å²) >= 11 is 1.17. The van der Waals surface area contributed by atoms with Gasteiger partial charge in [0.05, 0.1) is 11.3 Å². The number of aromatic nitrogens is 3. The number of amides is 2. The number of carbonyl (C=O) groups excluding carboxylic acids is 2. The first-order chi connectivity index (χ1) is 15.4. The van der Waals surface area contributed by atoms with Crippen LogP contribution in [0.25, 0.3) is 5.65 Å². The molecule has 9 heteroatoms. The number of nitrogens with one attached hydrogen (secondary N) is 2. The van der Waals surface area contributed by atoms with Crippen LogP contribution in [-0.4, -0.2) is 32.2 Å². The molecule has 32 heavy (non-hydrogen) atoms. The highest BCUT2D eigenvalue weighted by atomic mass is 32.2. The van der Waals surface area contributed by atoms with E-state index in [1.54, 1.807) is 35.7 Å². The topological polar surface area (TPSA) is 88.4 Å². The summed E-state index contributed by atoms with van der Waals surface area (Å²) in [7, 11) is 0. The van der Waals surface area contributed by atoms with Crippen LogP contribution < -0.4 is 10.6 Å². The van der Waals surface area contributed by atoms with Crippen LogP contribution in [0.3, 0.4) is 0 Å². The van der Waals surface area contributed by atoms with E-state index in [0.29, 0.717) is 27.7 Å². The standard InChI is InChI=1S/C23H20FN5O2S/c1-14-4-3-5-18(10-14)25-22(31)16-7-9-20-27-28-23(29(20)12-16)32-13-21(30)26-19-11-17(24)8-6-15(19)2/h3-12H,13H2,1-2H3,(H,25,31)(H,26,30). The lowest BCUT2D eigenvalue weighted by Crippen LogP contribution is -2.15. The van der Waals surface area contributed by atoms with Gasteiger partial charge >= 0.3 is 0 Å². The quantitative estimate of drug-likeness (QED) is 0.424. The zero-order valence-electron chi connectivity index (χ0n) is 17.4. The van der Waals surface area contributed by atoms with E-state index in [9.17, 15) is 14.0 Å². The second-order valence-electron chi connectivity index (χ2n) is 7.25. The van der Waals surface area contributed by atoms with Crippen LogP contribution >= 0.6 is 11.8 Å². The fourth-order valence-electron chi connectivity index (χ4n) is 3.07. The number of benzene rings is 2. The summed E-state index contributed by atoms with van der Waals surface area (Å²) in [6.07, 6.45) is 1.64. The summed E-state index contributed by atoms with van der Waals surface area (Å²) < 4.78 is 15.1. The van der Waals surface area contributed by atoms with E-state index in [1.165, 1.54) is 23.9 Å². The Morgan fingerprint density at radius 3 is 2.69 bits per heavy atom. The van der Waals surface area contributed by atoms with Crippen LogP contribution in [0.2, 0.25) is 0 Å². The Morgan fingerprint density at radius 1 is 1.03 bits per heavy atom.